The van der Waals surface area contributed by atoms with Gasteiger partial charge in [-0.3, -0.25) is 14.9 Å². The van der Waals surface area contributed by atoms with Crippen molar-refractivity contribution in [1.82, 2.24) is 5.32 Å². The van der Waals surface area contributed by atoms with Crippen LogP contribution in [0.2, 0.25) is 0 Å². The summed E-state index contributed by atoms with van der Waals surface area (Å²) in [6.07, 6.45) is 0. The number of anilines is 2. The summed E-state index contributed by atoms with van der Waals surface area (Å²) in [5.74, 6) is -0.541. The summed E-state index contributed by atoms with van der Waals surface area (Å²) < 4.78 is 18.4. The molecule has 3 N–H and O–H groups in total. The fraction of sp³-hybridized carbons (Fsp3) is 0.0870. The standard InChI is InChI=1S/C23H20FN3O3S/c1-2-30-20-8-4-6-16(14-20)22(29)27-23(31)26-19-7-3-5-15(13-19)21(28)25-18-11-9-17(24)10-12-18/h3-14H,2H2,1H3,(H,25,28)(H2,26,27,29,31). The number of ether oxygens (including phenoxy) is 1. The first-order chi connectivity index (χ1) is 14.9. The van der Waals surface area contributed by atoms with E-state index in [9.17, 15) is 14.0 Å². The molecule has 158 valence electrons. The lowest BCUT2D eigenvalue weighted by molar-refractivity contribution is 0.0975. The number of benzene rings is 3. The first kappa shape index (κ1) is 21.9. The first-order valence-electron chi connectivity index (χ1n) is 9.47. The fourth-order valence-electron chi connectivity index (χ4n) is 2.71. The summed E-state index contributed by atoms with van der Waals surface area (Å²) in [5.41, 5.74) is 1.78. The van der Waals surface area contributed by atoms with E-state index in [1.54, 1.807) is 48.5 Å². The number of amides is 2. The van der Waals surface area contributed by atoms with Crippen molar-refractivity contribution in [3.8, 4) is 5.75 Å². The van der Waals surface area contributed by atoms with Crippen molar-refractivity contribution < 1.29 is 18.7 Å². The van der Waals surface area contributed by atoms with Gasteiger partial charge in [-0.15, -0.1) is 0 Å². The lowest BCUT2D eigenvalue weighted by atomic mass is 10.2. The minimum atomic E-state index is -0.385. The molecular weight excluding hydrogens is 417 g/mol. The van der Waals surface area contributed by atoms with E-state index in [0.717, 1.165) is 0 Å². The molecule has 0 unspecified atom stereocenters. The van der Waals surface area contributed by atoms with Gasteiger partial charge in [0.15, 0.2) is 5.11 Å². The highest BCUT2D eigenvalue weighted by atomic mass is 32.1. The molecule has 0 saturated heterocycles. The van der Waals surface area contributed by atoms with Crippen LogP contribution in [0.3, 0.4) is 0 Å². The summed E-state index contributed by atoms with van der Waals surface area (Å²) in [6.45, 7) is 2.36. The number of rotatable bonds is 6. The van der Waals surface area contributed by atoms with Crippen LogP contribution in [0.15, 0.2) is 72.8 Å². The second-order valence-electron chi connectivity index (χ2n) is 6.41. The van der Waals surface area contributed by atoms with Crippen LogP contribution in [0.5, 0.6) is 5.75 Å². The van der Waals surface area contributed by atoms with Crippen LogP contribution in [-0.2, 0) is 0 Å². The molecule has 0 fully saturated rings. The summed E-state index contributed by atoms with van der Waals surface area (Å²) >= 11 is 5.21. The Kier molecular flexibility index (Phi) is 7.29. The predicted octanol–water partition coefficient (Wildman–Crippen LogP) is 4.60. The fourth-order valence-corrected chi connectivity index (χ4v) is 2.92. The van der Waals surface area contributed by atoms with Crippen molar-refractivity contribution in [2.45, 2.75) is 6.92 Å². The molecule has 2 amide bonds. The second-order valence-corrected chi connectivity index (χ2v) is 6.82. The Labute approximate surface area is 184 Å². The molecular formula is C23H20FN3O3S. The highest BCUT2D eigenvalue weighted by Gasteiger charge is 2.11. The van der Waals surface area contributed by atoms with E-state index in [0.29, 0.717) is 34.9 Å². The number of hydrogen-bond donors (Lipinski definition) is 3. The molecule has 3 aromatic carbocycles. The zero-order valence-corrected chi connectivity index (χ0v) is 17.5. The Morgan fingerprint density at radius 3 is 2.26 bits per heavy atom. The van der Waals surface area contributed by atoms with Gasteiger partial charge in [0.05, 0.1) is 6.61 Å². The monoisotopic (exact) mass is 437 g/mol. The highest BCUT2D eigenvalue weighted by molar-refractivity contribution is 7.80. The Hall–Kier alpha value is -3.78. The highest BCUT2D eigenvalue weighted by Crippen LogP contribution is 2.15. The lowest BCUT2D eigenvalue weighted by Gasteiger charge is -2.12. The van der Waals surface area contributed by atoms with E-state index < -0.39 is 0 Å². The molecule has 6 nitrogen and oxygen atoms in total. The van der Waals surface area contributed by atoms with Gasteiger partial charge in [-0.1, -0.05) is 12.1 Å². The first-order valence-corrected chi connectivity index (χ1v) is 9.87. The third-order valence-corrected chi connectivity index (χ3v) is 4.32. The van der Waals surface area contributed by atoms with Crippen LogP contribution >= 0.6 is 12.2 Å². The predicted molar refractivity (Wildman–Crippen MR) is 122 cm³/mol. The van der Waals surface area contributed by atoms with Crippen LogP contribution < -0.4 is 20.7 Å². The van der Waals surface area contributed by atoms with Gasteiger partial charge in [-0.2, -0.15) is 0 Å². The van der Waals surface area contributed by atoms with Crippen LogP contribution in [0.1, 0.15) is 27.6 Å². The third kappa shape index (κ3) is 6.35. The molecule has 0 radical (unpaired) electrons. The average Bonchev–Trinajstić information content (AvgIpc) is 2.76. The van der Waals surface area contributed by atoms with Crippen molar-refractivity contribution in [3.05, 3.63) is 89.7 Å². The summed E-state index contributed by atoms with van der Waals surface area (Å²) in [7, 11) is 0. The van der Waals surface area contributed by atoms with Gasteiger partial charge in [0.2, 0.25) is 0 Å². The molecule has 0 atom stereocenters. The van der Waals surface area contributed by atoms with Gasteiger partial charge in [-0.05, 0) is 79.8 Å². The zero-order valence-electron chi connectivity index (χ0n) is 16.6. The van der Waals surface area contributed by atoms with Gasteiger partial charge in [0.1, 0.15) is 11.6 Å². The lowest BCUT2D eigenvalue weighted by Crippen LogP contribution is -2.34. The minimum absolute atomic E-state index is 0.0860. The second kappa shape index (κ2) is 10.3. The van der Waals surface area contributed by atoms with Gasteiger partial charge >= 0.3 is 0 Å². The molecule has 0 heterocycles. The quantitative estimate of drug-likeness (QED) is 0.491. The molecule has 0 aliphatic carbocycles. The Morgan fingerprint density at radius 2 is 1.55 bits per heavy atom. The molecule has 0 bridgehead atoms. The van der Waals surface area contributed by atoms with Crippen LogP contribution in [0, 0.1) is 5.82 Å². The Balaban J connectivity index is 1.61. The molecule has 0 aromatic heterocycles. The van der Waals surface area contributed by atoms with E-state index in [4.69, 9.17) is 17.0 Å². The summed E-state index contributed by atoms with van der Waals surface area (Å²) in [5, 5.41) is 8.26. The largest absolute Gasteiger partial charge is 0.494 e. The molecule has 3 aromatic rings. The number of carbonyl (C=O) groups excluding carboxylic acids is 2. The number of thiocarbonyl (C=S) groups is 1. The smallest absolute Gasteiger partial charge is 0.257 e. The summed E-state index contributed by atoms with van der Waals surface area (Å²) in [6, 6.07) is 18.8. The number of nitrogens with one attached hydrogen (secondary N) is 3. The van der Waals surface area contributed by atoms with Gasteiger partial charge in [0, 0.05) is 22.5 Å². The zero-order chi connectivity index (χ0) is 22.2. The third-order valence-electron chi connectivity index (χ3n) is 4.12. The molecule has 8 heteroatoms. The van der Waals surface area contributed by atoms with Gasteiger partial charge < -0.3 is 15.4 Å². The topological polar surface area (TPSA) is 79.5 Å². The summed E-state index contributed by atoms with van der Waals surface area (Å²) in [4.78, 5) is 24.9. The normalized spacial score (nSPS) is 10.1. The van der Waals surface area contributed by atoms with E-state index in [1.807, 2.05) is 6.92 Å². The van der Waals surface area contributed by atoms with Crippen molar-refractivity contribution in [3.63, 3.8) is 0 Å². The SMILES string of the molecule is CCOc1cccc(C(=O)NC(=S)Nc2cccc(C(=O)Nc3ccc(F)cc3)c2)c1. The molecule has 3 rings (SSSR count). The maximum atomic E-state index is 13.0. The minimum Gasteiger partial charge on any atom is -0.494 e. The number of carbonyl (C=O) groups is 2. The van der Waals surface area contributed by atoms with Crippen molar-refractivity contribution in [2.75, 3.05) is 17.2 Å². The van der Waals surface area contributed by atoms with Crippen molar-refractivity contribution in [2.24, 2.45) is 0 Å². The molecule has 0 aliphatic heterocycles. The van der Waals surface area contributed by atoms with E-state index in [-0.39, 0.29) is 22.7 Å². The Morgan fingerprint density at radius 1 is 0.871 bits per heavy atom. The van der Waals surface area contributed by atoms with Crippen LogP contribution in [-0.4, -0.2) is 23.5 Å². The van der Waals surface area contributed by atoms with E-state index in [1.165, 1.54) is 24.3 Å². The number of halogens is 1. The molecule has 0 aliphatic rings. The number of hydrogen-bond acceptors (Lipinski definition) is 4. The van der Waals surface area contributed by atoms with Gasteiger partial charge in [0.25, 0.3) is 11.8 Å². The van der Waals surface area contributed by atoms with E-state index in [2.05, 4.69) is 16.0 Å². The molecule has 31 heavy (non-hydrogen) atoms. The van der Waals surface area contributed by atoms with Gasteiger partial charge in [-0.25, -0.2) is 4.39 Å². The Bertz CT molecular complexity index is 1100. The van der Waals surface area contributed by atoms with Crippen LogP contribution in [0.25, 0.3) is 0 Å². The average molecular weight is 437 g/mol. The molecule has 0 saturated carbocycles. The van der Waals surface area contributed by atoms with Crippen LogP contribution in [0.4, 0.5) is 15.8 Å². The van der Waals surface area contributed by atoms with E-state index >= 15 is 0 Å². The van der Waals surface area contributed by atoms with Crippen molar-refractivity contribution >= 4 is 40.5 Å². The maximum Gasteiger partial charge on any atom is 0.257 e. The molecule has 0 spiro atoms. The van der Waals surface area contributed by atoms with Crippen molar-refractivity contribution in [1.29, 1.82) is 0 Å². The maximum absolute atomic E-state index is 13.0.